The Hall–Kier alpha value is -2.68. The Morgan fingerprint density at radius 3 is 2.67 bits per heavy atom. The van der Waals surface area contributed by atoms with Gasteiger partial charge in [-0.15, -0.1) is 0 Å². The summed E-state index contributed by atoms with van der Waals surface area (Å²) in [6.07, 6.45) is 5.39. The van der Waals surface area contributed by atoms with Gasteiger partial charge >= 0.3 is 0 Å². The Morgan fingerprint density at radius 1 is 1.27 bits per heavy atom. The third-order valence-corrected chi connectivity index (χ3v) is 6.10. The largest absolute Gasteiger partial charge is 0.402 e. The number of allylic oxidation sites excluding steroid dienone is 1. The number of nitrogens with two attached hydrogens (primary N) is 2. The Kier molecular flexibility index (Phi) is 8.66. The normalized spacial score (nSPS) is 16.3. The maximum absolute atomic E-state index is 6.20. The molecule has 8 nitrogen and oxygen atoms in total. The summed E-state index contributed by atoms with van der Waals surface area (Å²) in [6.45, 7) is 10.0. The number of aromatic nitrogens is 2. The SMILES string of the molecule is COCCN1CCC(c2cc(C)c(Nc3ncc(Cl)c(N=C(N)/C=C(/C)N)n3)cc2C)CC1. The minimum atomic E-state index is 0.228. The molecule has 33 heavy (non-hydrogen) atoms. The maximum atomic E-state index is 6.20. The third kappa shape index (κ3) is 6.90. The quantitative estimate of drug-likeness (QED) is 0.391. The van der Waals surface area contributed by atoms with Crippen LogP contribution in [0.3, 0.4) is 0 Å². The van der Waals surface area contributed by atoms with Crippen LogP contribution in [-0.2, 0) is 4.74 Å². The molecule has 2 heterocycles. The second kappa shape index (κ2) is 11.4. The highest BCUT2D eigenvalue weighted by molar-refractivity contribution is 6.32. The molecule has 0 radical (unpaired) electrons. The van der Waals surface area contributed by atoms with Gasteiger partial charge in [0.15, 0.2) is 5.82 Å². The topological polar surface area (TPSA) is 115 Å². The first-order valence-electron chi connectivity index (χ1n) is 11.2. The number of methoxy groups -OCH3 is 1. The van der Waals surface area contributed by atoms with Crippen LogP contribution in [0.1, 0.15) is 42.4 Å². The lowest BCUT2D eigenvalue weighted by molar-refractivity contribution is 0.130. The zero-order valence-electron chi connectivity index (χ0n) is 19.9. The number of amidine groups is 1. The molecule has 1 aliphatic heterocycles. The number of likely N-dealkylation sites (tertiary alicyclic amines) is 1. The fourth-order valence-electron chi connectivity index (χ4n) is 4.11. The number of aliphatic imine (C=N–C) groups is 1. The van der Waals surface area contributed by atoms with E-state index in [1.165, 1.54) is 17.3 Å². The second-order valence-corrected chi connectivity index (χ2v) is 8.95. The first-order valence-corrected chi connectivity index (χ1v) is 11.5. The molecule has 0 amide bonds. The molecular formula is C24H34ClN7O. The second-order valence-electron chi connectivity index (χ2n) is 8.55. The number of aryl methyl sites for hydroxylation is 2. The molecule has 0 aliphatic carbocycles. The highest BCUT2D eigenvalue weighted by Crippen LogP contribution is 2.34. The van der Waals surface area contributed by atoms with E-state index in [4.69, 9.17) is 27.8 Å². The Bertz CT molecular complexity index is 1030. The minimum Gasteiger partial charge on any atom is -0.402 e. The van der Waals surface area contributed by atoms with E-state index in [0.717, 1.165) is 50.3 Å². The van der Waals surface area contributed by atoms with E-state index in [0.29, 0.717) is 22.6 Å². The van der Waals surface area contributed by atoms with Crippen molar-refractivity contribution in [3.05, 3.63) is 51.8 Å². The van der Waals surface area contributed by atoms with E-state index in [1.807, 2.05) is 0 Å². The van der Waals surface area contributed by atoms with Gasteiger partial charge in [0.1, 0.15) is 10.9 Å². The fourth-order valence-corrected chi connectivity index (χ4v) is 4.24. The predicted molar refractivity (Wildman–Crippen MR) is 136 cm³/mol. The van der Waals surface area contributed by atoms with Gasteiger partial charge in [-0.05, 0) is 81.5 Å². The highest BCUT2D eigenvalue weighted by atomic mass is 35.5. The number of nitrogens with zero attached hydrogens (tertiary/aromatic N) is 4. The lowest BCUT2D eigenvalue weighted by Crippen LogP contribution is -2.35. The van der Waals surface area contributed by atoms with Crippen LogP contribution in [0.4, 0.5) is 17.5 Å². The van der Waals surface area contributed by atoms with Gasteiger partial charge in [0.05, 0.1) is 12.8 Å². The summed E-state index contributed by atoms with van der Waals surface area (Å²) in [5.74, 6) is 1.49. The van der Waals surface area contributed by atoms with E-state index in [2.05, 4.69) is 51.2 Å². The number of hydrogen-bond donors (Lipinski definition) is 3. The van der Waals surface area contributed by atoms with Crippen LogP contribution < -0.4 is 16.8 Å². The molecule has 1 aromatic carbocycles. The number of benzene rings is 1. The smallest absolute Gasteiger partial charge is 0.229 e. The standard InChI is InChI=1S/C24H34ClN7O/c1-15-12-21(16(2)11-19(15)18-5-7-32(8-6-18)9-10-33-4)29-24-28-14-20(25)23(31-24)30-22(27)13-17(3)26/h11-14,18H,5-10,26H2,1-4H3,(H3,27,28,29,30,31)/b17-13-. The maximum Gasteiger partial charge on any atom is 0.229 e. The molecule has 0 unspecified atom stereocenters. The van der Waals surface area contributed by atoms with Crippen molar-refractivity contribution in [2.75, 3.05) is 38.7 Å². The molecule has 9 heteroatoms. The summed E-state index contributed by atoms with van der Waals surface area (Å²) in [7, 11) is 1.76. The van der Waals surface area contributed by atoms with Crippen LogP contribution in [0.5, 0.6) is 0 Å². The molecule has 2 aromatic rings. The van der Waals surface area contributed by atoms with Crippen molar-refractivity contribution >= 4 is 34.9 Å². The van der Waals surface area contributed by atoms with Crippen LogP contribution in [0.15, 0.2) is 35.1 Å². The zero-order chi connectivity index (χ0) is 24.0. The molecule has 1 aromatic heterocycles. The van der Waals surface area contributed by atoms with Gasteiger partial charge in [0, 0.05) is 25.0 Å². The van der Waals surface area contributed by atoms with E-state index >= 15 is 0 Å². The summed E-state index contributed by atoms with van der Waals surface area (Å²) in [4.78, 5) is 15.4. The number of rotatable bonds is 8. The first kappa shape index (κ1) is 25.0. The first-order chi connectivity index (χ1) is 15.8. The highest BCUT2D eigenvalue weighted by Gasteiger charge is 2.22. The van der Waals surface area contributed by atoms with Crippen molar-refractivity contribution in [3.8, 4) is 0 Å². The van der Waals surface area contributed by atoms with Crippen LogP contribution in [0.25, 0.3) is 0 Å². The molecule has 1 saturated heterocycles. The summed E-state index contributed by atoms with van der Waals surface area (Å²) in [5.41, 5.74) is 16.9. The van der Waals surface area contributed by atoms with Crippen LogP contribution in [0, 0.1) is 13.8 Å². The summed E-state index contributed by atoms with van der Waals surface area (Å²) in [6, 6.07) is 4.45. The molecule has 0 saturated carbocycles. The predicted octanol–water partition coefficient (Wildman–Crippen LogP) is 4.17. The fraction of sp³-hybridized carbons (Fsp3) is 0.458. The van der Waals surface area contributed by atoms with E-state index in [-0.39, 0.29) is 11.7 Å². The summed E-state index contributed by atoms with van der Waals surface area (Å²) in [5, 5.41) is 3.61. The van der Waals surface area contributed by atoms with E-state index in [9.17, 15) is 0 Å². The Balaban J connectivity index is 1.75. The van der Waals surface area contributed by atoms with E-state index < -0.39 is 0 Å². The third-order valence-electron chi connectivity index (χ3n) is 5.83. The molecule has 5 N–H and O–H groups in total. The van der Waals surface area contributed by atoms with Gasteiger partial charge in [-0.25, -0.2) is 9.98 Å². The van der Waals surface area contributed by atoms with Gasteiger partial charge in [-0.1, -0.05) is 17.7 Å². The van der Waals surface area contributed by atoms with Crippen LogP contribution in [-0.4, -0.2) is 54.1 Å². The van der Waals surface area contributed by atoms with Gasteiger partial charge in [0.25, 0.3) is 0 Å². The number of halogens is 1. The lowest BCUT2D eigenvalue weighted by atomic mass is 9.85. The van der Waals surface area contributed by atoms with Gasteiger partial charge in [-0.3, -0.25) is 0 Å². The minimum absolute atomic E-state index is 0.228. The molecule has 0 spiro atoms. The van der Waals surface area contributed by atoms with Crippen LogP contribution >= 0.6 is 11.6 Å². The summed E-state index contributed by atoms with van der Waals surface area (Å²) >= 11 is 6.20. The van der Waals surface area contributed by atoms with E-state index in [1.54, 1.807) is 20.1 Å². The van der Waals surface area contributed by atoms with Crippen molar-refractivity contribution in [3.63, 3.8) is 0 Å². The molecular weight excluding hydrogens is 438 g/mol. The van der Waals surface area contributed by atoms with Crippen molar-refractivity contribution in [1.29, 1.82) is 0 Å². The average molecular weight is 472 g/mol. The Labute approximate surface area is 201 Å². The number of ether oxygens (including phenoxy) is 1. The Morgan fingerprint density at radius 2 is 2.00 bits per heavy atom. The number of anilines is 2. The molecule has 1 fully saturated rings. The van der Waals surface area contributed by atoms with Crippen molar-refractivity contribution in [2.24, 2.45) is 16.5 Å². The monoisotopic (exact) mass is 471 g/mol. The number of hydrogen-bond acceptors (Lipinski definition) is 7. The van der Waals surface area contributed by atoms with Gasteiger partial charge in [0.2, 0.25) is 5.95 Å². The van der Waals surface area contributed by atoms with Crippen molar-refractivity contribution in [2.45, 2.75) is 39.5 Å². The molecule has 178 valence electrons. The lowest BCUT2D eigenvalue weighted by Gasteiger charge is -2.33. The summed E-state index contributed by atoms with van der Waals surface area (Å²) < 4.78 is 5.21. The van der Waals surface area contributed by atoms with Crippen LogP contribution in [0.2, 0.25) is 5.02 Å². The average Bonchev–Trinajstić information content (AvgIpc) is 2.76. The zero-order valence-corrected chi connectivity index (χ0v) is 20.6. The van der Waals surface area contributed by atoms with Crippen molar-refractivity contribution < 1.29 is 4.74 Å². The number of piperidine rings is 1. The van der Waals surface area contributed by atoms with Gasteiger partial charge < -0.3 is 26.4 Å². The molecule has 3 rings (SSSR count). The molecule has 1 aliphatic rings. The van der Waals surface area contributed by atoms with Crippen molar-refractivity contribution in [1.82, 2.24) is 14.9 Å². The molecule has 0 atom stereocenters. The number of nitrogens with one attached hydrogen (secondary N) is 1. The van der Waals surface area contributed by atoms with Gasteiger partial charge in [-0.2, -0.15) is 4.98 Å². The molecule has 0 bridgehead atoms.